The Morgan fingerprint density at radius 2 is 2.00 bits per heavy atom. The molecule has 0 aliphatic heterocycles. The first kappa shape index (κ1) is 19.1. The van der Waals surface area contributed by atoms with E-state index >= 15 is 0 Å². The molecule has 1 amide bonds. The van der Waals surface area contributed by atoms with Crippen LogP contribution in [0.25, 0.3) is 10.2 Å². The average Bonchev–Trinajstić information content (AvgIpc) is 3.28. The van der Waals surface area contributed by atoms with Gasteiger partial charge in [0.15, 0.2) is 5.13 Å². The molecule has 4 rings (SSSR count). The third kappa shape index (κ3) is 4.60. The summed E-state index contributed by atoms with van der Waals surface area (Å²) in [6, 6.07) is 14.4. The highest BCUT2D eigenvalue weighted by Crippen LogP contribution is 2.28. The molecule has 7 heteroatoms. The van der Waals surface area contributed by atoms with E-state index in [0.29, 0.717) is 5.13 Å². The van der Waals surface area contributed by atoms with Crippen LogP contribution in [0.1, 0.15) is 22.4 Å². The fourth-order valence-electron chi connectivity index (χ4n) is 2.78. The standard InChI is InChI=1S/C21H19N3OS3/c1-13-7-8-14(2)15(9-13)11-26-21-22-16(12-27-21)10-19(25)24-20-23-17-5-3-4-6-18(17)28-20/h3-9,12H,10-11H2,1-2H3,(H,23,24,25). The number of thiazole rings is 2. The quantitative estimate of drug-likeness (QED) is 0.394. The Labute approximate surface area is 176 Å². The van der Waals surface area contributed by atoms with Crippen LogP contribution < -0.4 is 5.32 Å². The highest BCUT2D eigenvalue weighted by atomic mass is 32.2. The SMILES string of the molecule is Cc1ccc(C)c(CSc2nc(CC(=O)Nc3nc4ccccc4s3)cs2)c1. The van der Waals surface area contributed by atoms with Crippen LogP contribution >= 0.6 is 34.4 Å². The number of rotatable bonds is 6. The Hall–Kier alpha value is -2.22. The summed E-state index contributed by atoms with van der Waals surface area (Å²) in [5.74, 6) is 0.800. The number of aromatic nitrogens is 2. The number of nitrogens with one attached hydrogen (secondary N) is 1. The van der Waals surface area contributed by atoms with Crippen molar-refractivity contribution < 1.29 is 4.79 Å². The van der Waals surface area contributed by atoms with Crippen LogP contribution in [-0.2, 0) is 17.0 Å². The molecule has 2 aromatic carbocycles. The van der Waals surface area contributed by atoms with Gasteiger partial charge in [-0.05, 0) is 37.1 Å². The number of hydrogen-bond acceptors (Lipinski definition) is 6. The van der Waals surface area contributed by atoms with Crippen molar-refractivity contribution in [2.45, 2.75) is 30.4 Å². The lowest BCUT2D eigenvalue weighted by Crippen LogP contribution is -2.14. The van der Waals surface area contributed by atoms with Crippen LogP contribution in [0.2, 0.25) is 0 Å². The number of carbonyl (C=O) groups is 1. The molecule has 0 spiro atoms. The number of amides is 1. The second-order valence-corrected chi connectivity index (χ2v) is 9.65. The van der Waals surface area contributed by atoms with Crippen LogP contribution in [0.15, 0.2) is 52.2 Å². The van der Waals surface area contributed by atoms with E-state index in [-0.39, 0.29) is 12.3 Å². The third-order valence-electron chi connectivity index (χ3n) is 4.27. The van der Waals surface area contributed by atoms with E-state index in [1.807, 2.05) is 29.6 Å². The summed E-state index contributed by atoms with van der Waals surface area (Å²) in [4.78, 5) is 21.4. The number of aryl methyl sites for hydroxylation is 2. The first-order valence-electron chi connectivity index (χ1n) is 8.85. The van der Waals surface area contributed by atoms with Crippen molar-refractivity contribution in [3.05, 3.63) is 70.2 Å². The molecule has 2 aromatic heterocycles. The Kier molecular flexibility index (Phi) is 5.75. The second-order valence-electron chi connectivity index (χ2n) is 6.54. The van der Waals surface area contributed by atoms with Crippen molar-refractivity contribution in [3.8, 4) is 0 Å². The number of carbonyl (C=O) groups excluding carboxylic acids is 1. The Balaban J connectivity index is 1.35. The normalized spacial score (nSPS) is 11.1. The molecule has 0 atom stereocenters. The Morgan fingerprint density at radius 3 is 2.86 bits per heavy atom. The van der Waals surface area contributed by atoms with Gasteiger partial charge in [0.05, 0.1) is 22.3 Å². The smallest absolute Gasteiger partial charge is 0.232 e. The molecule has 4 aromatic rings. The summed E-state index contributed by atoms with van der Waals surface area (Å²) in [5, 5.41) is 5.48. The molecule has 0 aliphatic rings. The molecule has 2 heterocycles. The number of thioether (sulfide) groups is 1. The molecular formula is C21H19N3OS3. The molecule has 142 valence electrons. The van der Waals surface area contributed by atoms with Gasteiger partial charge in [0.25, 0.3) is 0 Å². The second kappa shape index (κ2) is 8.43. The largest absolute Gasteiger partial charge is 0.302 e. The summed E-state index contributed by atoms with van der Waals surface area (Å²) < 4.78 is 2.06. The van der Waals surface area contributed by atoms with E-state index in [1.165, 1.54) is 28.0 Å². The van der Waals surface area contributed by atoms with Crippen molar-refractivity contribution in [2.75, 3.05) is 5.32 Å². The summed E-state index contributed by atoms with van der Waals surface area (Å²) in [7, 11) is 0. The van der Waals surface area contributed by atoms with Crippen LogP contribution in [0.3, 0.4) is 0 Å². The maximum atomic E-state index is 12.3. The lowest BCUT2D eigenvalue weighted by Gasteiger charge is -2.05. The zero-order chi connectivity index (χ0) is 19.5. The molecular weight excluding hydrogens is 406 g/mol. The van der Waals surface area contributed by atoms with E-state index in [1.54, 1.807) is 23.1 Å². The maximum Gasteiger partial charge on any atom is 0.232 e. The molecule has 0 fully saturated rings. The molecule has 28 heavy (non-hydrogen) atoms. The van der Waals surface area contributed by atoms with Gasteiger partial charge in [-0.1, -0.05) is 59.0 Å². The van der Waals surface area contributed by atoms with Crippen molar-refractivity contribution in [1.29, 1.82) is 0 Å². The van der Waals surface area contributed by atoms with Gasteiger partial charge in [0.2, 0.25) is 5.91 Å². The van der Waals surface area contributed by atoms with Gasteiger partial charge in [-0.25, -0.2) is 9.97 Å². The third-order valence-corrected chi connectivity index (χ3v) is 7.34. The van der Waals surface area contributed by atoms with Gasteiger partial charge in [0, 0.05) is 11.1 Å². The molecule has 0 unspecified atom stereocenters. The summed E-state index contributed by atoms with van der Waals surface area (Å²) in [6.07, 6.45) is 0.260. The summed E-state index contributed by atoms with van der Waals surface area (Å²) >= 11 is 4.79. The lowest BCUT2D eigenvalue weighted by molar-refractivity contribution is -0.115. The van der Waals surface area contributed by atoms with Gasteiger partial charge < -0.3 is 5.32 Å². The fraction of sp³-hybridized carbons (Fsp3) is 0.190. The number of benzene rings is 2. The highest BCUT2D eigenvalue weighted by Gasteiger charge is 2.11. The zero-order valence-corrected chi connectivity index (χ0v) is 18.0. The molecule has 0 aliphatic carbocycles. The average molecular weight is 426 g/mol. The van der Waals surface area contributed by atoms with Crippen LogP contribution in [0, 0.1) is 13.8 Å². The molecule has 0 saturated carbocycles. The first-order chi connectivity index (χ1) is 13.6. The maximum absolute atomic E-state index is 12.3. The Bertz CT molecular complexity index is 1100. The predicted molar refractivity (Wildman–Crippen MR) is 120 cm³/mol. The molecule has 0 bridgehead atoms. The number of hydrogen-bond donors (Lipinski definition) is 1. The minimum Gasteiger partial charge on any atom is -0.302 e. The fourth-order valence-corrected chi connectivity index (χ4v) is 5.57. The first-order valence-corrected chi connectivity index (χ1v) is 11.5. The van der Waals surface area contributed by atoms with Gasteiger partial charge in [-0.15, -0.1) is 11.3 Å². The van der Waals surface area contributed by atoms with Gasteiger partial charge in [0.1, 0.15) is 4.34 Å². The van der Waals surface area contributed by atoms with E-state index in [4.69, 9.17) is 0 Å². The van der Waals surface area contributed by atoms with E-state index in [9.17, 15) is 4.79 Å². The van der Waals surface area contributed by atoms with Crippen LogP contribution in [0.5, 0.6) is 0 Å². The zero-order valence-electron chi connectivity index (χ0n) is 15.6. The molecule has 1 N–H and O–H groups in total. The molecule has 4 nitrogen and oxygen atoms in total. The lowest BCUT2D eigenvalue weighted by atomic mass is 10.1. The van der Waals surface area contributed by atoms with Gasteiger partial charge in [-0.3, -0.25) is 4.79 Å². The number of nitrogens with zero attached hydrogens (tertiary/aromatic N) is 2. The van der Waals surface area contributed by atoms with Crippen molar-refractivity contribution >= 4 is 55.7 Å². The van der Waals surface area contributed by atoms with E-state index in [2.05, 4.69) is 47.3 Å². The summed E-state index contributed by atoms with van der Waals surface area (Å²) in [6.45, 7) is 4.24. The van der Waals surface area contributed by atoms with Gasteiger partial charge >= 0.3 is 0 Å². The topological polar surface area (TPSA) is 54.9 Å². The van der Waals surface area contributed by atoms with E-state index in [0.717, 1.165) is 26.0 Å². The monoisotopic (exact) mass is 425 g/mol. The Morgan fingerprint density at radius 1 is 1.14 bits per heavy atom. The number of anilines is 1. The van der Waals surface area contributed by atoms with E-state index < -0.39 is 0 Å². The van der Waals surface area contributed by atoms with Gasteiger partial charge in [-0.2, -0.15) is 0 Å². The van der Waals surface area contributed by atoms with Crippen molar-refractivity contribution in [3.63, 3.8) is 0 Å². The number of fused-ring (bicyclic) bond motifs is 1. The number of para-hydroxylation sites is 1. The predicted octanol–water partition coefficient (Wildman–Crippen LogP) is 5.84. The molecule has 0 saturated heterocycles. The minimum atomic E-state index is -0.0876. The van der Waals surface area contributed by atoms with Crippen LogP contribution in [0.4, 0.5) is 5.13 Å². The van der Waals surface area contributed by atoms with Crippen LogP contribution in [-0.4, -0.2) is 15.9 Å². The summed E-state index contributed by atoms with van der Waals surface area (Å²) in [5.41, 5.74) is 5.60. The minimum absolute atomic E-state index is 0.0876. The highest BCUT2D eigenvalue weighted by molar-refractivity contribution is 8.00. The van der Waals surface area contributed by atoms with Crippen molar-refractivity contribution in [1.82, 2.24) is 9.97 Å². The van der Waals surface area contributed by atoms with Crippen molar-refractivity contribution in [2.24, 2.45) is 0 Å². The molecule has 0 radical (unpaired) electrons.